The lowest BCUT2D eigenvalue weighted by Crippen LogP contribution is -2.39. The van der Waals surface area contributed by atoms with E-state index in [1.807, 2.05) is 30.3 Å². The third-order valence-corrected chi connectivity index (χ3v) is 4.49. The average Bonchev–Trinajstić information content (AvgIpc) is 3.10. The first-order valence-electron chi connectivity index (χ1n) is 8.00. The van der Waals surface area contributed by atoms with Crippen molar-refractivity contribution in [1.82, 2.24) is 4.90 Å². The quantitative estimate of drug-likeness (QED) is 0.907. The number of aliphatic hydroxyl groups is 1. The molecule has 0 spiro atoms. The highest BCUT2D eigenvalue weighted by Crippen LogP contribution is 2.31. The van der Waals surface area contributed by atoms with Gasteiger partial charge in [-0.2, -0.15) is 0 Å². The summed E-state index contributed by atoms with van der Waals surface area (Å²) in [5.74, 6) is 1.03. The second-order valence-corrected chi connectivity index (χ2v) is 5.96. The van der Waals surface area contributed by atoms with Crippen LogP contribution in [0.3, 0.4) is 0 Å². The van der Waals surface area contributed by atoms with Gasteiger partial charge < -0.3 is 20.2 Å². The van der Waals surface area contributed by atoms with Crippen LogP contribution in [0.1, 0.15) is 40.8 Å². The molecule has 0 bridgehead atoms. The van der Waals surface area contributed by atoms with Crippen LogP contribution in [0.5, 0.6) is 0 Å². The Bertz CT molecular complexity index is 645. The number of carbonyl (C=O) groups excluding carboxylic acids is 1. The number of nitrogens with two attached hydrogens (primary N) is 1. The molecule has 2 aromatic rings. The largest absolute Gasteiger partial charge is 0.455 e. The Morgan fingerprint density at radius 2 is 1.91 bits per heavy atom. The van der Waals surface area contributed by atoms with Gasteiger partial charge >= 0.3 is 0 Å². The van der Waals surface area contributed by atoms with Crippen molar-refractivity contribution in [3.8, 4) is 0 Å². The van der Waals surface area contributed by atoms with Crippen LogP contribution in [0.15, 0.2) is 46.9 Å². The molecule has 1 fully saturated rings. The molecule has 1 aliphatic rings. The van der Waals surface area contributed by atoms with E-state index in [0.29, 0.717) is 31.2 Å². The van der Waals surface area contributed by atoms with Crippen LogP contribution >= 0.6 is 0 Å². The lowest BCUT2D eigenvalue weighted by molar-refractivity contribution is 0.0441. The van der Waals surface area contributed by atoms with Gasteiger partial charge in [-0.3, -0.25) is 4.79 Å². The SMILES string of the molecule is NCc1ccc(C(=O)N2CCC(C(O)c3ccccc3)CC2)o1. The normalized spacial score (nSPS) is 17.2. The van der Waals surface area contributed by atoms with Crippen molar-refractivity contribution in [2.45, 2.75) is 25.5 Å². The standard InChI is InChI=1S/C18H22N2O3/c19-12-15-6-7-16(23-15)18(22)20-10-8-14(9-11-20)17(21)13-4-2-1-3-5-13/h1-7,14,17,21H,8-12,19H2. The van der Waals surface area contributed by atoms with Crippen molar-refractivity contribution >= 4 is 5.91 Å². The summed E-state index contributed by atoms with van der Waals surface area (Å²) in [6.07, 6.45) is 1.10. The first-order valence-corrected chi connectivity index (χ1v) is 8.00. The topological polar surface area (TPSA) is 79.7 Å². The highest BCUT2D eigenvalue weighted by atomic mass is 16.4. The number of rotatable bonds is 4. The molecular weight excluding hydrogens is 292 g/mol. The Kier molecular flexibility index (Phi) is 4.79. The molecule has 1 aliphatic heterocycles. The number of piperidine rings is 1. The second kappa shape index (κ2) is 6.98. The van der Waals surface area contributed by atoms with Gasteiger partial charge in [0, 0.05) is 13.1 Å². The van der Waals surface area contributed by atoms with Gasteiger partial charge in [-0.1, -0.05) is 30.3 Å². The lowest BCUT2D eigenvalue weighted by atomic mass is 9.87. The van der Waals surface area contributed by atoms with Crippen LogP contribution in [0.4, 0.5) is 0 Å². The van der Waals surface area contributed by atoms with E-state index in [1.165, 1.54) is 0 Å². The van der Waals surface area contributed by atoms with Gasteiger partial charge in [0.1, 0.15) is 5.76 Å². The molecule has 1 unspecified atom stereocenters. The third-order valence-electron chi connectivity index (χ3n) is 4.49. The van der Waals surface area contributed by atoms with Crippen LogP contribution in [-0.2, 0) is 6.54 Å². The number of hydrogen-bond donors (Lipinski definition) is 2. The molecule has 1 aromatic heterocycles. The Labute approximate surface area is 135 Å². The number of likely N-dealkylation sites (tertiary alicyclic amines) is 1. The summed E-state index contributed by atoms with van der Waals surface area (Å²) < 4.78 is 5.43. The van der Waals surface area contributed by atoms with E-state index in [2.05, 4.69) is 0 Å². The Hall–Kier alpha value is -2.11. The van der Waals surface area contributed by atoms with Gasteiger partial charge in [0.05, 0.1) is 12.6 Å². The monoisotopic (exact) mass is 314 g/mol. The Morgan fingerprint density at radius 1 is 1.22 bits per heavy atom. The van der Waals surface area contributed by atoms with Crippen molar-refractivity contribution in [2.75, 3.05) is 13.1 Å². The number of benzene rings is 1. The van der Waals surface area contributed by atoms with Crippen LogP contribution in [0, 0.1) is 5.92 Å². The van der Waals surface area contributed by atoms with Crippen molar-refractivity contribution in [1.29, 1.82) is 0 Å². The number of furan rings is 1. The van der Waals surface area contributed by atoms with E-state index < -0.39 is 6.10 Å². The Morgan fingerprint density at radius 3 is 2.52 bits per heavy atom. The van der Waals surface area contributed by atoms with Gasteiger partial charge in [0.25, 0.3) is 5.91 Å². The maximum atomic E-state index is 12.4. The van der Waals surface area contributed by atoms with Crippen molar-refractivity contribution in [2.24, 2.45) is 11.7 Å². The van der Waals surface area contributed by atoms with Gasteiger partial charge in [-0.25, -0.2) is 0 Å². The smallest absolute Gasteiger partial charge is 0.289 e. The van der Waals surface area contributed by atoms with Crippen molar-refractivity contribution in [3.63, 3.8) is 0 Å². The number of carbonyl (C=O) groups is 1. The van der Waals surface area contributed by atoms with Crippen molar-refractivity contribution < 1.29 is 14.3 Å². The number of aliphatic hydroxyl groups excluding tert-OH is 1. The zero-order valence-electron chi connectivity index (χ0n) is 13.0. The molecular formula is C18H22N2O3. The molecule has 3 rings (SSSR count). The zero-order valence-corrected chi connectivity index (χ0v) is 13.0. The minimum atomic E-state index is -0.471. The maximum Gasteiger partial charge on any atom is 0.289 e. The van der Waals surface area contributed by atoms with Crippen molar-refractivity contribution in [3.05, 3.63) is 59.5 Å². The fourth-order valence-electron chi connectivity index (χ4n) is 3.10. The highest BCUT2D eigenvalue weighted by molar-refractivity contribution is 5.91. The molecule has 0 aliphatic carbocycles. The fraction of sp³-hybridized carbons (Fsp3) is 0.389. The summed E-state index contributed by atoms with van der Waals surface area (Å²) in [5.41, 5.74) is 6.44. The predicted octanol–water partition coefficient (Wildman–Crippen LogP) is 2.32. The number of hydrogen-bond acceptors (Lipinski definition) is 4. The predicted molar refractivity (Wildman–Crippen MR) is 86.6 cm³/mol. The minimum Gasteiger partial charge on any atom is -0.455 e. The maximum absolute atomic E-state index is 12.4. The molecule has 1 aromatic carbocycles. The highest BCUT2D eigenvalue weighted by Gasteiger charge is 2.29. The van der Waals surface area contributed by atoms with E-state index in [4.69, 9.17) is 10.2 Å². The molecule has 23 heavy (non-hydrogen) atoms. The lowest BCUT2D eigenvalue weighted by Gasteiger charge is -2.34. The van der Waals surface area contributed by atoms with Gasteiger partial charge in [0.2, 0.25) is 0 Å². The summed E-state index contributed by atoms with van der Waals surface area (Å²) >= 11 is 0. The molecule has 0 radical (unpaired) electrons. The zero-order chi connectivity index (χ0) is 16.2. The summed E-state index contributed by atoms with van der Waals surface area (Å²) in [6.45, 7) is 1.55. The van der Waals surface area contributed by atoms with E-state index in [-0.39, 0.29) is 11.8 Å². The average molecular weight is 314 g/mol. The molecule has 3 N–H and O–H groups in total. The minimum absolute atomic E-state index is 0.0997. The van der Waals surface area contributed by atoms with E-state index in [9.17, 15) is 9.90 Å². The van der Waals surface area contributed by atoms with Gasteiger partial charge in [0.15, 0.2) is 5.76 Å². The molecule has 5 nitrogen and oxygen atoms in total. The van der Waals surface area contributed by atoms with Crippen LogP contribution < -0.4 is 5.73 Å². The summed E-state index contributed by atoms with van der Waals surface area (Å²) in [6, 6.07) is 13.1. The molecule has 1 saturated heterocycles. The number of nitrogens with zero attached hydrogens (tertiary/aromatic N) is 1. The molecule has 5 heteroatoms. The van der Waals surface area contributed by atoms with Crippen LogP contribution in [-0.4, -0.2) is 29.0 Å². The Balaban J connectivity index is 1.59. The molecule has 122 valence electrons. The van der Waals surface area contributed by atoms with E-state index in [0.717, 1.165) is 18.4 Å². The van der Waals surface area contributed by atoms with E-state index in [1.54, 1.807) is 17.0 Å². The molecule has 1 atom stereocenters. The fourth-order valence-corrected chi connectivity index (χ4v) is 3.10. The summed E-state index contributed by atoms with van der Waals surface area (Å²) in [7, 11) is 0. The first-order chi connectivity index (χ1) is 11.2. The molecule has 0 saturated carbocycles. The van der Waals surface area contributed by atoms with Crippen LogP contribution in [0.25, 0.3) is 0 Å². The summed E-state index contributed by atoms with van der Waals surface area (Å²) in [5, 5.41) is 10.5. The number of amides is 1. The molecule has 1 amide bonds. The van der Waals surface area contributed by atoms with E-state index >= 15 is 0 Å². The third kappa shape index (κ3) is 3.46. The second-order valence-electron chi connectivity index (χ2n) is 5.96. The summed E-state index contributed by atoms with van der Waals surface area (Å²) in [4.78, 5) is 14.2. The molecule has 2 heterocycles. The van der Waals surface area contributed by atoms with Crippen LogP contribution in [0.2, 0.25) is 0 Å². The van der Waals surface area contributed by atoms with Gasteiger partial charge in [-0.15, -0.1) is 0 Å². The first kappa shape index (κ1) is 15.8. The van der Waals surface area contributed by atoms with Gasteiger partial charge in [-0.05, 0) is 36.5 Å².